The summed E-state index contributed by atoms with van der Waals surface area (Å²) in [5.74, 6) is -0.273. The first-order valence-corrected chi connectivity index (χ1v) is 6.46. The first kappa shape index (κ1) is 13.2. The van der Waals surface area contributed by atoms with Crippen LogP contribution < -0.4 is 5.43 Å². The Kier molecular flexibility index (Phi) is 4.23. The van der Waals surface area contributed by atoms with Crippen LogP contribution in [0.15, 0.2) is 41.5 Å². The smallest absolute Gasteiger partial charge is 0.266 e. The van der Waals surface area contributed by atoms with E-state index in [1.165, 1.54) is 0 Å². The fourth-order valence-electron chi connectivity index (χ4n) is 1.79. The molecule has 98 valence electrons. The van der Waals surface area contributed by atoms with Gasteiger partial charge in [-0.05, 0) is 25.0 Å². The number of para-hydroxylation sites is 1. The minimum Gasteiger partial charge on any atom is -0.266 e. The maximum atomic E-state index is 11.9. The van der Waals surface area contributed by atoms with Crippen molar-refractivity contribution >= 4 is 22.5 Å². The van der Waals surface area contributed by atoms with Crippen LogP contribution in [0.3, 0.4) is 0 Å². The highest BCUT2D eigenvalue weighted by atomic mass is 16.2. The number of carbonyl (C=O) groups is 1. The SMILES string of the molecule is CCC(CC)=NNC(=O)c1ccc2ccccc2n1. The standard InChI is InChI=1S/C15H17N3O/c1-3-12(4-2)17-18-15(19)14-10-9-11-7-5-6-8-13(11)16-14/h5-10H,3-4H2,1-2H3,(H,18,19). The highest BCUT2D eigenvalue weighted by Crippen LogP contribution is 2.11. The van der Waals surface area contributed by atoms with Gasteiger partial charge in [-0.25, -0.2) is 10.4 Å². The maximum Gasteiger partial charge on any atom is 0.289 e. The van der Waals surface area contributed by atoms with E-state index in [9.17, 15) is 4.79 Å². The lowest BCUT2D eigenvalue weighted by Gasteiger charge is -2.03. The van der Waals surface area contributed by atoms with E-state index in [4.69, 9.17) is 0 Å². The molecule has 0 saturated heterocycles. The van der Waals surface area contributed by atoms with E-state index in [2.05, 4.69) is 15.5 Å². The number of hydrogen-bond donors (Lipinski definition) is 1. The molecule has 0 radical (unpaired) electrons. The van der Waals surface area contributed by atoms with Crippen LogP contribution in [0.25, 0.3) is 10.9 Å². The molecule has 1 aromatic carbocycles. The fraction of sp³-hybridized carbons (Fsp3) is 0.267. The second-order valence-corrected chi connectivity index (χ2v) is 4.22. The quantitative estimate of drug-likeness (QED) is 0.674. The average Bonchev–Trinajstić information content (AvgIpc) is 2.47. The van der Waals surface area contributed by atoms with E-state index in [-0.39, 0.29) is 5.91 Å². The van der Waals surface area contributed by atoms with Crippen LogP contribution in [0.4, 0.5) is 0 Å². The second kappa shape index (κ2) is 6.09. The molecule has 2 rings (SSSR count). The predicted molar refractivity (Wildman–Crippen MR) is 77.2 cm³/mol. The minimum absolute atomic E-state index is 0.273. The van der Waals surface area contributed by atoms with Crippen LogP contribution in [0.1, 0.15) is 37.2 Å². The topological polar surface area (TPSA) is 54.4 Å². The van der Waals surface area contributed by atoms with Crippen LogP contribution in [-0.4, -0.2) is 16.6 Å². The van der Waals surface area contributed by atoms with E-state index >= 15 is 0 Å². The lowest BCUT2D eigenvalue weighted by Crippen LogP contribution is -2.20. The molecule has 0 atom stereocenters. The molecule has 1 aromatic heterocycles. The zero-order valence-corrected chi connectivity index (χ0v) is 11.2. The Morgan fingerprint density at radius 3 is 2.63 bits per heavy atom. The number of amides is 1. The van der Waals surface area contributed by atoms with Crippen molar-refractivity contribution in [3.63, 3.8) is 0 Å². The molecule has 4 heteroatoms. The van der Waals surface area contributed by atoms with Gasteiger partial charge in [-0.15, -0.1) is 0 Å². The van der Waals surface area contributed by atoms with Gasteiger partial charge in [0.1, 0.15) is 5.69 Å². The summed E-state index contributed by atoms with van der Waals surface area (Å²) in [4.78, 5) is 16.3. The van der Waals surface area contributed by atoms with E-state index in [0.29, 0.717) is 5.69 Å². The highest BCUT2D eigenvalue weighted by molar-refractivity contribution is 5.95. The molecule has 0 bridgehead atoms. The van der Waals surface area contributed by atoms with Gasteiger partial charge in [0.05, 0.1) is 5.52 Å². The van der Waals surface area contributed by atoms with Crippen molar-refractivity contribution < 1.29 is 4.79 Å². The Morgan fingerprint density at radius 1 is 1.16 bits per heavy atom. The van der Waals surface area contributed by atoms with Crippen LogP contribution in [0.2, 0.25) is 0 Å². The number of benzene rings is 1. The van der Waals surface area contributed by atoms with Crippen molar-refractivity contribution in [2.75, 3.05) is 0 Å². The molecule has 19 heavy (non-hydrogen) atoms. The van der Waals surface area contributed by atoms with Gasteiger partial charge >= 0.3 is 0 Å². The van der Waals surface area contributed by atoms with Crippen LogP contribution in [0, 0.1) is 0 Å². The lowest BCUT2D eigenvalue weighted by molar-refractivity contribution is 0.0950. The monoisotopic (exact) mass is 255 g/mol. The first-order chi connectivity index (χ1) is 9.24. The maximum absolute atomic E-state index is 11.9. The van der Waals surface area contributed by atoms with Crippen molar-refractivity contribution in [2.24, 2.45) is 5.10 Å². The zero-order valence-electron chi connectivity index (χ0n) is 11.2. The third-order valence-electron chi connectivity index (χ3n) is 2.96. The number of hydrogen-bond acceptors (Lipinski definition) is 3. The van der Waals surface area contributed by atoms with Crippen LogP contribution >= 0.6 is 0 Å². The third-order valence-corrected chi connectivity index (χ3v) is 2.96. The molecule has 0 fully saturated rings. The summed E-state index contributed by atoms with van der Waals surface area (Å²) in [6.07, 6.45) is 1.67. The Balaban J connectivity index is 2.19. The molecule has 1 heterocycles. The van der Waals surface area contributed by atoms with Gasteiger partial charge in [-0.3, -0.25) is 4.79 Å². The van der Waals surface area contributed by atoms with Gasteiger partial charge in [0.15, 0.2) is 0 Å². The largest absolute Gasteiger partial charge is 0.289 e. The molecule has 1 amide bonds. The Bertz CT molecular complexity index is 614. The minimum atomic E-state index is -0.273. The fourth-order valence-corrected chi connectivity index (χ4v) is 1.79. The normalized spacial score (nSPS) is 10.2. The summed E-state index contributed by atoms with van der Waals surface area (Å²) in [6.45, 7) is 4.03. The number of carbonyl (C=O) groups excluding carboxylic acids is 1. The molecule has 0 aliphatic carbocycles. The van der Waals surface area contributed by atoms with Gasteiger partial charge in [0, 0.05) is 11.1 Å². The number of hydrazone groups is 1. The molecule has 0 aliphatic heterocycles. The number of fused-ring (bicyclic) bond motifs is 1. The molecule has 2 aromatic rings. The lowest BCUT2D eigenvalue weighted by atomic mass is 10.2. The highest BCUT2D eigenvalue weighted by Gasteiger charge is 2.07. The summed E-state index contributed by atoms with van der Waals surface area (Å²) in [5.41, 5.74) is 4.71. The molecule has 0 unspecified atom stereocenters. The molecule has 4 nitrogen and oxygen atoms in total. The van der Waals surface area contributed by atoms with E-state index < -0.39 is 0 Å². The number of rotatable bonds is 4. The van der Waals surface area contributed by atoms with Gasteiger partial charge in [-0.1, -0.05) is 38.1 Å². The summed E-state index contributed by atoms with van der Waals surface area (Å²) in [7, 11) is 0. The molecule has 1 N–H and O–H groups in total. The second-order valence-electron chi connectivity index (χ2n) is 4.22. The van der Waals surface area contributed by atoms with Crippen LogP contribution in [-0.2, 0) is 0 Å². The molecule has 0 saturated carbocycles. The average molecular weight is 255 g/mol. The van der Waals surface area contributed by atoms with Crippen molar-refractivity contribution in [1.82, 2.24) is 10.4 Å². The number of aromatic nitrogens is 1. The van der Waals surface area contributed by atoms with E-state index in [1.807, 2.05) is 44.2 Å². The first-order valence-electron chi connectivity index (χ1n) is 6.46. The van der Waals surface area contributed by atoms with Gasteiger partial charge < -0.3 is 0 Å². The van der Waals surface area contributed by atoms with E-state index in [1.54, 1.807) is 6.07 Å². The number of pyridine rings is 1. The van der Waals surface area contributed by atoms with Crippen molar-refractivity contribution in [1.29, 1.82) is 0 Å². The molecule has 0 aliphatic rings. The van der Waals surface area contributed by atoms with Crippen molar-refractivity contribution in [3.8, 4) is 0 Å². The van der Waals surface area contributed by atoms with Crippen LogP contribution in [0.5, 0.6) is 0 Å². The molecular weight excluding hydrogens is 238 g/mol. The Labute approximate surface area is 112 Å². The van der Waals surface area contributed by atoms with Gasteiger partial charge in [-0.2, -0.15) is 5.10 Å². The van der Waals surface area contributed by atoms with Gasteiger partial charge in [0.2, 0.25) is 0 Å². The van der Waals surface area contributed by atoms with Crippen molar-refractivity contribution in [2.45, 2.75) is 26.7 Å². The third kappa shape index (κ3) is 3.16. The zero-order chi connectivity index (χ0) is 13.7. The Hall–Kier alpha value is -2.23. The summed E-state index contributed by atoms with van der Waals surface area (Å²) in [5, 5.41) is 5.11. The number of nitrogens with one attached hydrogen (secondary N) is 1. The molecular formula is C15H17N3O. The molecule has 0 spiro atoms. The van der Waals surface area contributed by atoms with Crippen molar-refractivity contribution in [3.05, 3.63) is 42.1 Å². The Morgan fingerprint density at radius 2 is 1.89 bits per heavy atom. The summed E-state index contributed by atoms with van der Waals surface area (Å²) >= 11 is 0. The predicted octanol–water partition coefficient (Wildman–Crippen LogP) is 3.14. The van der Waals surface area contributed by atoms with E-state index in [0.717, 1.165) is 29.5 Å². The summed E-state index contributed by atoms with van der Waals surface area (Å²) < 4.78 is 0. The van der Waals surface area contributed by atoms with Gasteiger partial charge in [0.25, 0.3) is 5.91 Å². The number of nitrogens with zero attached hydrogens (tertiary/aromatic N) is 2. The summed E-state index contributed by atoms with van der Waals surface area (Å²) in [6, 6.07) is 11.3.